The van der Waals surface area contributed by atoms with Gasteiger partial charge in [0.25, 0.3) is 5.82 Å². The van der Waals surface area contributed by atoms with Crippen LogP contribution in [-0.4, -0.2) is 4.57 Å². The van der Waals surface area contributed by atoms with E-state index in [1.54, 1.807) is 5.82 Å². The standard InChI is InChI=1S/C39H77N2/c1-5-7-9-11-13-15-17-19-20-21-22-24-26-28-30-32-34-39-40(36-37-41(39)38(3)4)35-33-31-29-27-25-23-18-16-14-12-10-8-6-2/h36-38H,5-35H2,1-4H3/q+1. The molecule has 0 aliphatic rings. The van der Waals surface area contributed by atoms with Gasteiger partial charge in [0.1, 0.15) is 12.4 Å². The lowest BCUT2D eigenvalue weighted by Crippen LogP contribution is -2.37. The van der Waals surface area contributed by atoms with E-state index >= 15 is 0 Å². The number of nitrogens with zero attached hydrogens (tertiary/aromatic N) is 2. The predicted molar refractivity (Wildman–Crippen MR) is 184 cm³/mol. The van der Waals surface area contributed by atoms with Gasteiger partial charge in [0, 0.05) is 6.42 Å². The SMILES string of the molecule is CCCCCCCCCCCCCCCCCCc1n(C(C)C)cc[n+]1CCCCCCCCCCCCCCC. The van der Waals surface area contributed by atoms with Crippen molar-refractivity contribution in [2.45, 2.75) is 233 Å². The normalized spacial score (nSPS) is 11.7. The molecule has 0 spiro atoms. The molecule has 1 heterocycles. The van der Waals surface area contributed by atoms with Gasteiger partial charge in [-0.1, -0.05) is 181 Å². The van der Waals surface area contributed by atoms with E-state index < -0.39 is 0 Å². The van der Waals surface area contributed by atoms with E-state index in [1.165, 1.54) is 199 Å². The van der Waals surface area contributed by atoms with Gasteiger partial charge >= 0.3 is 0 Å². The summed E-state index contributed by atoms with van der Waals surface area (Å²) in [5.74, 6) is 1.57. The number of unbranched alkanes of at least 4 members (excludes halogenated alkanes) is 27. The summed E-state index contributed by atoms with van der Waals surface area (Å²) in [5, 5.41) is 0. The summed E-state index contributed by atoms with van der Waals surface area (Å²) >= 11 is 0. The Morgan fingerprint density at radius 1 is 0.463 bits per heavy atom. The van der Waals surface area contributed by atoms with E-state index in [-0.39, 0.29) is 0 Å². The second-order valence-electron chi connectivity index (χ2n) is 13.7. The number of imidazole rings is 1. The smallest absolute Gasteiger partial charge is 0.234 e. The lowest BCUT2D eigenvalue weighted by atomic mass is 10.0. The van der Waals surface area contributed by atoms with Crippen molar-refractivity contribution in [1.82, 2.24) is 4.57 Å². The van der Waals surface area contributed by atoms with Gasteiger partial charge in [0.15, 0.2) is 0 Å². The van der Waals surface area contributed by atoms with Gasteiger partial charge in [0.2, 0.25) is 0 Å². The number of hydrogen-bond acceptors (Lipinski definition) is 0. The van der Waals surface area contributed by atoms with Crippen molar-refractivity contribution in [2.24, 2.45) is 0 Å². The van der Waals surface area contributed by atoms with Gasteiger partial charge in [0.05, 0.1) is 12.6 Å². The predicted octanol–water partition coefficient (Wildman–Crippen LogP) is 13.3. The fourth-order valence-electron chi connectivity index (χ4n) is 6.55. The minimum absolute atomic E-state index is 0.568. The maximum Gasteiger partial charge on any atom is 0.256 e. The minimum atomic E-state index is 0.568. The van der Waals surface area contributed by atoms with Crippen LogP contribution < -0.4 is 4.57 Å². The lowest BCUT2D eigenvalue weighted by molar-refractivity contribution is -0.704. The topological polar surface area (TPSA) is 8.81 Å². The molecule has 0 unspecified atom stereocenters. The van der Waals surface area contributed by atoms with Crippen molar-refractivity contribution in [2.75, 3.05) is 0 Å². The van der Waals surface area contributed by atoms with Crippen molar-refractivity contribution in [3.63, 3.8) is 0 Å². The van der Waals surface area contributed by atoms with Gasteiger partial charge < -0.3 is 0 Å². The first-order valence-electron chi connectivity index (χ1n) is 19.3. The molecule has 0 saturated heterocycles. The molecule has 0 bridgehead atoms. The molecule has 0 aliphatic carbocycles. The molecule has 1 aromatic rings. The minimum Gasteiger partial charge on any atom is -0.234 e. The van der Waals surface area contributed by atoms with Gasteiger partial charge in [-0.3, -0.25) is 0 Å². The lowest BCUT2D eigenvalue weighted by Gasteiger charge is -2.08. The van der Waals surface area contributed by atoms with Crippen LogP contribution in [0.25, 0.3) is 0 Å². The van der Waals surface area contributed by atoms with Crippen LogP contribution in [0.4, 0.5) is 0 Å². The summed E-state index contributed by atoms with van der Waals surface area (Å²) in [7, 11) is 0. The first-order valence-corrected chi connectivity index (χ1v) is 19.3. The quantitative estimate of drug-likeness (QED) is 0.0598. The third-order valence-corrected chi connectivity index (χ3v) is 9.35. The fraction of sp³-hybridized carbons (Fsp3) is 0.923. The highest BCUT2D eigenvalue weighted by atomic mass is 15.2. The molecule has 0 N–H and O–H groups in total. The highest BCUT2D eigenvalue weighted by molar-refractivity contribution is 4.86. The number of rotatable bonds is 32. The second-order valence-corrected chi connectivity index (χ2v) is 13.7. The zero-order chi connectivity index (χ0) is 29.6. The van der Waals surface area contributed by atoms with Crippen molar-refractivity contribution in [3.05, 3.63) is 18.2 Å². The molecule has 0 amide bonds. The number of aryl methyl sites for hydroxylation is 1. The highest BCUT2D eigenvalue weighted by Crippen LogP contribution is 2.16. The zero-order valence-corrected chi connectivity index (χ0v) is 29.0. The fourth-order valence-corrected chi connectivity index (χ4v) is 6.55. The van der Waals surface area contributed by atoms with Crippen LogP contribution in [0.15, 0.2) is 12.4 Å². The molecule has 242 valence electrons. The Balaban J connectivity index is 2.03. The Labute approximate surface area is 259 Å². The van der Waals surface area contributed by atoms with Crippen LogP contribution in [0, 0.1) is 0 Å². The third kappa shape index (κ3) is 22.4. The Morgan fingerprint density at radius 3 is 1.12 bits per heavy atom. The summed E-state index contributed by atoms with van der Waals surface area (Å²) in [6, 6.07) is 0.568. The summed E-state index contributed by atoms with van der Waals surface area (Å²) in [6.45, 7) is 10.5. The zero-order valence-electron chi connectivity index (χ0n) is 29.0. The molecule has 0 fully saturated rings. The second kappa shape index (κ2) is 29.3. The average Bonchev–Trinajstić information content (AvgIpc) is 3.38. The third-order valence-electron chi connectivity index (χ3n) is 9.35. The molecule has 0 saturated carbocycles. The van der Waals surface area contributed by atoms with Crippen LogP contribution >= 0.6 is 0 Å². The van der Waals surface area contributed by atoms with Crippen molar-refractivity contribution < 1.29 is 4.57 Å². The maximum atomic E-state index is 2.59. The van der Waals surface area contributed by atoms with E-state index in [9.17, 15) is 0 Å². The van der Waals surface area contributed by atoms with E-state index in [1.807, 2.05) is 0 Å². The van der Waals surface area contributed by atoms with Gasteiger partial charge in [-0.2, -0.15) is 0 Å². The Hall–Kier alpha value is -0.790. The Morgan fingerprint density at radius 2 is 0.780 bits per heavy atom. The van der Waals surface area contributed by atoms with Crippen LogP contribution in [0.3, 0.4) is 0 Å². The molecule has 0 radical (unpaired) electrons. The summed E-state index contributed by atoms with van der Waals surface area (Å²) in [6.07, 6.45) is 47.7. The largest absolute Gasteiger partial charge is 0.256 e. The molecule has 2 nitrogen and oxygen atoms in total. The molecule has 1 rings (SSSR count). The average molecular weight is 574 g/mol. The first-order chi connectivity index (χ1) is 20.2. The van der Waals surface area contributed by atoms with Gasteiger partial charge in [-0.25, -0.2) is 9.13 Å². The van der Waals surface area contributed by atoms with Crippen LogP contribution in [0.2, 0.25) is 0 Å². The van der Waals surface area contributed by atoms with Crippen LogP contribution in [0.5, 0.6) is 0 Å². The molecular weight excluding hydrogens is 496 g/mol. The number of hydrogen-bond donors (Lipinski definition) is 0. The summed E-state index contributed by atoms with van der Waals surface area (Å²) in [5.41, 5.74) is 0. The number of aromatic nitrogens is 2. The highest BCUT2D eigenvalue weighted by Gasteiger charge is 2.18. The summed E-state index contributed by atoms with van der Waals surface area (Å²) < 4.78 is 5.12. The van der Waals surface area contributed by atoms with E-state index in [0.717, 1.165) is 0 Å². The molecule has 41 heavy (non-hydrogen) atoms. The van der Waals surface area contributed by atoms with E-state index in [4.69, 9.17) is 0 Å². The Kier molecular flexibility index (Phi) is 27.3. The van der Waals surface area contributed by atoms with Crippen molar-refractivity contribution >= 4 is 0 Å². The van der Waals surface area contributed by atoms with Gasteiger partial charge in [-0.15, -0.1) is 0 Å². The van der Waals surface area contributed by atoms with Crippen LogP contribution in [0.1, 0.15) is 226 Å². The van der Waals surface area contributed by atoms with E-state index in [2.05, 4.69) is 49.2 Å². The molecule has 1 aromatic heterocycles. The molecule has 0 aromatic carbocycles. The van der Waals surface area contributed by atoms with Crippen LogP contribution in [-0.2, 0) is 13.0 Å². The monoisotopic (exact) mass is 574 g/mol. The van der Waals surface area contributed by atoms with Gasteiger partial charge in [-0.05, 0) is 33.1 Å². The van der Waals surface area contributed by atoms with Crippen molar-refractivity contribution in [3.8, 4) is 0 Å². The molecule has 0 aliphatic heterocycles. The summed E-state index contributed by atoms with van der Waals surface area (Å²) in [4.78, 5) is 0. The first kappa shape index (κ1) is 38.2. The van der Waals surface area contributed by atoms with E-state index in [0.29, 0.717) is 6.04 Å². The Bertz CT molecular complexity index is 646. The molecule has 2 heteroatoms. The maximum absolute atomic E-state index is 2.59. The van der Waals surface area contributed by atoms with Crippen molar-refractivity contribution in [1.29, 1.82) is 0 Å². The molecular formula is C39H77N2+. The molecule has 0 atom stereocenters.